The van der Waals surface area contributed by atoms with Crippen molar-refractivity contribution in [3.05, 3.63) is 59.7 Å². The zero-order chi connectivity index (χ0) is 33.0. The molecule has 3 rings (SSSR count). The van der Waals surface area contributed by atoms with Crippen molar-refractivity contribution in [2.45, 2.75) is 88.6 Å². The molecule has 246 valence electrons. The number of carbonyl (C=O) groups is 4. The highest BCUT2D eigenvalue weighted by atomic mass is 32.2. The molecule has 2 N–H and O–H groups in total. The molecule has 0 radical (unpaired) electrons. The van der Waals surface area contributed by atoms with Gasteiger partial charge in [0.2, 0.25) is 11.8 Å². The zero-order valence-corrected chi connectivity index (χ0v) is 27.0. The van der Waals surface area contributed by atoms with E-state index in [-0.39, 0.29) is 48.2 Å². The number of hydrogen-bond acceptors (Lipinski definition) is 9. The summed E-state index contributed by atoms with van der Waals surface area (Å²) in [5, 5.41) is 12.6. The Bertz CT molecular complexity index is 1430. The van der Waals surface area contributed by atoms with Gasteiger partial charge in [0.1, 0.15) is 11.8 Å². The van der Waals surface area contributed by atoms with E-state index in [0.29, 0.717) is 50.6 Å². The maximum Gasteiger partial charge on any atom is 0.328 e. The molecule has 0 bridgehead atoms. The molecule has 0 unspecified atom stereocenters. The number of methoxy groups -OCH3 is 1. The summed E-state index contributed by atoms with van der Waals surface area (Å²) < 4.78 is 34.9. The molecule has 1 saturated heterocycles. The molecule has 0 saturated carbocycles. The quantitative estimate of drug-likeness (QED) is 0.140. The molecule has 0 spiro atoms. The van der Waals surface area contributed by atoms with Crippen LogP contribution in [0.3, 0.4) is 0 Å². The Morgan fingerprint density at radius 3 is 2.42 bits per heavy atom. The van der Waals surface area contributed by atoms with Gasteiger partial charge in [-0.3, -0.25) is 18.6 Å². The van der Waals surface area contributed by atoms with Crippen molar-refractivity contribution in [3.8, 4) is 5.75 Å². The molecule has 1 aliphatic rings. The number of ketones is 1. The molecule has 45 heavy (non-hydrogen) atoms. The van der Waals surface area contributed by atoms with Gasteiger partial charge in [-0.15, -0.1) is 0 Å². The maximum absolute atomic E-state index is 13.7. The monoisotopic (exact) mass is 644 g/mol. The summed E-state index contributed by atoms with van der Waals surface area (Å²) in [5.41, 5.74) is 1.62. The summed E-state index contributed by atoms with van der Waals surface area (Å²) in [6.07, 6.45) is 2.95. The minimum Gasteiger partial charge on any atom is -0.508 e. The average Bonchev–Trinajstić information content (AvgIpc) is 3.43. The first kappa shape index (κ1) is 35.7. The molecule has 2 aromatic carbocycles. The highest BCUT2D eigenvalue weighted by Gasteiger charge is 2.35. The lowest BCUT2D eigenvalue weighted by atomic mass is 9.90. The van der Waals surface area contributed by atoms with Gasteiger partial charge in [-0.1, -0.05) is 43.2 Å². The number of likely N-dealkylation sites (tertiary alicyclic amines) is 1. The topological polar surface area (TPSA) is 156 Å². The van der Waals surface area contributed by atoms with Crippen LogP contribution < -0.4 is 5.32 Å². The van der Waals surface area contributed by atoms with Crippen molar-refractivity contribution >= 4 is 33.7 Å². The lowest BCUT2D eigenvalue weighted by Crippen LogP contribution is -2.47. The summed E-state index contributed by atoms with van der Waals surface area (Å²) in [6.45, 7) is 4.09. The summed E-state index contributed by atoms with van der Waals surface area (Å²) in [6, 6.07) is 11.1. The van der Waals surface area contributed by atoms with E-state index in [1.54, 1.807) is 35.2 Å². The number of nitrogens with zero attached hydrogens (tertiary/aromatic N) is 1. The van der Waals surface area contributed by atoms with Crippen molar-refractivity contribution in [2.75, 3.05) is 20.3 Å². The Morgan fingerprint density at radius 2 is 1.80 bits per heavy atom. The van der Waals surface area contributed by atoms with Crippen molar-refractivity contribution in [3.63, 3.8) is 0 Å². The molecule has 2 aromatic rings. The van der Waals surface area contributed by atoms with E-state index in [2.05, 4.69) is 5.32 Å². The van der Waals surface area contributed by atoms with Crippen LogP contribution in [-0.2, 0) is 44.6 Å². The average molecular weight is 645 g/mol. The first-order valence-corrected chi connectivity index (χ1v) is 16.8. The number of nitrogens with one attached hydrogen (secondary N) is 1. The van der Waals surface area contributed by atoms with Crippen LogP contribution in [-0.4, -0.2) is 74.3 Å². The number of ether oxygens (including phenoxy) is 1. The van der Waals surface area contributed by atoms with Crippen molar-refractivity contribution < 1.29 is 41.6 Å². The number of benzene rings is 2. The van der Waals surface area contributed by atoms with E-state index < -0.39 is 40.0 Å². The number of aromatic hydroxyl groups is 1. The molecular formula is C33H44N2O9S. The molecule has 1 fully saturated rings. The first-order valence-electron chi connectivity index (χ1n) is 15.4. The smallest absolute Gasteiger partial charge is 0.328 e. The van der Waals surface area contributed by atoms with Crippen LogP contribution in [0.15, 0.2) is 53.4 Å². The Kier molecular flexibility index (Phi) is 13.5. The van der Waals surface area contributed by atoms with Gasteiger partial charge >= 0.3 is 5.97 Å². The van der Waals surface area contributed by atoms with E-state index in [1.165, 1.54) is 25.3 Å². The number of esters is 1. The van der Waals surface area contributed by atoms with Gasteiger partial charge in [0.15, 0.2) is 5.78 Å². The van der Waals surface area contributed by atoms with Crippen LogP contribution in [0.1, 0.15) is 69.4 Å². The van der Waals surface area contributed by atoms with E-state index in [4.69, 9.17) is 8.92 Å². The summed E-state index contributed by atoms with van der Waals surface area (Å²) in [5.74, 6) is -2.18. The minimum atomic E-state index is -3.92. The molecule has 0 aromatic heterocycles. The number of rotatable bonds is 18. The number of amides is 2. The third kappa shape index (κ3) is 10.7. The molecular weight excluding hydrogens is 600 g/mol. The van der Waals surface area contributed by atoms with Crippen LogP contribution in [0.25, 0.3) is 0 Å². The van der Waals surface area contributed by atoms with Crippen LogP contribution in [0.4, 0.5) is 0 Å². The third-order valence-electron chi connectivity index (χ3n) is 7.89. The summed E-state index contributed by atoms with van der Waals surface area (Å²) >= 11 is 0. The van der Waals surface area contributed by atoms with Gasteiger partial charge in [0.25, 0.3) is 10.1 Å². The molecule has 3 atom stereocenters. The second-order valence-electron chi connectivity index (χ2n) is 11.4. The largest absolute Gasteiger partial charge is 0.508 e. The second kappa shape index (κ2) is 17.1. The Balaban J connectivity index is 1.61. The molecule has 0 aliphatic carbocycles. The number of unbranched alkanes of at least 4 members (excludes halogenated alkanes) is 1. The van der Waals surface area contributed by atoms with Gasteiger partial charge in [0, 0.05) is 31.7 Å². The predicted molar refractivity (Wildman–Crippen MR) is 167 cm³/mol. The SMILES string of the molecule is CCC[C@H](CC(=O)[C@H](Cc1cccc(O)c1)N1CCCC1=O)C(=O)N[C@@H](CCCCOS(=O)(=O)c1ccc(C)cc1)C(=O)OC. The fourth-order valence-electron chi connectivity index (χ4n) is 5.43. The van der Waals surface area contributed by atoms with Crippen molar-refractivity contribution in [2.24, 2.45) is 5.92 Å². The number of Topliss-reactive ketones (excluding diaryl/α,β-unsaturated/α-hetero) is 1. The van der Waals surface area contributed by atoms with Gasteiger partial charge in [-0.05, 0) is 68.9 Å². The molecule has 12 heteroatoms. The Morgan fingerprint density at radius 1 is 1.07 bits per heavy atom. The Hall–Kier alpha value is -3.77. The lowest BCUT2D eigenvalue weighted by Gasteiger charge is -2.28. The normalized spacial score (nSPS) is 15.4. The summed E-state index contributed by atoms with van der Waals surface area (Å²) in [7, 11) is -2.70. The van der Waals surface area contributed by atoms with Gasteiger partial charge < -0.3 is 20.1 Å². The van der Waals surface area contributed by atoms with E-state index >= 15 is 0 Å². The van der Waals surface area contributed by atoms with Crippen molar-refractivity contribution in [1.82, 2.24) is 10.2 Å². The molecule has 2 amide bonds. The minimum absolute atomic E-state index is 0.0579. The van der Waals surface area contributed by atoms with E-state index in [0.717, 1.165) is 5.56 Å². The number of aryl methyl sites for hydroxylation is 1. The first-order chi connectivity index (χ1) is 21.4. The van der Waals surface area contributed by atoms with Gasteiger partial charge in [-0.2, -0.15) is 8.42 Å². The van der Waals surface area contributed by atoms with Gasteiger partial charge in [0.05, 0.1) is 24.7 Å². The zero-order valence-electron chi connectivity index (χ0n) is 26.2. The van der Waals surface area contributed by atoms with Gasteiger partial charge in [-0.25, -0.2) is 4.79 Å². The second-order valence-corrected chi connectivity index (χ2v) is 13.0. The number of hydrogen-bond donors (Lipinski definition) is 2. The third-order valence-corrected chi connectivity index (χ3v) is 9.22. The molecule has 1 heterocycles. The number of carbonyl (C=O) groups excluding carboxylic acids is 4. The van der Waals surface area contributed by atoms with Crippen LogP contribution >= 0.6 is 0 Å². The van der Waals surface area contributed by atoms with Crippen LogP contribution in [0.2, 0.25) is 0 Å². The standard InChI is InChI=1S/C33H44N2O9S/c1-4-9-25(22-30(37)29(35-18-8-13-31(35)38)21-24-10-7-11-26(36)20-24)32(39)34-28(33(40)43-3)12-5-6-19-44-45(41,42)27-16-14-23(2)15-17-27/h7,10-11,14-17,20,25,28-29,36H,4-6,8-9,12-13,18-19,21-22H2,1-3H3,(H,34,39)/t25-,28+,29+/m1/s1. The lowest BCUT2D eigenvalue weighted by molar-refractivity contribution is -0.146. The predicted octanol–water partition coefficient (Wildman–Crippen LogP) is 3.84. The van der Waals surface area contributed by atoms with E-state index in [1.807, 2.05) is 13.8 Å². The van der Waals surface area contributed by atoms with Crippen LogP contribution in [0, 0.1) is 12.8 Å². The number of phenols is 1. The molecule has 1 aliphatic heterocycles. The van der Waals surface area contributed by atoms with E-state index in [9.17, 15) is 32.7 Å². The van der Waals surface area contributed by atoms with Crippen molar-refractivity contribution in [1.29, 1.82) is 0 Å². The maximum atomic E-state index is 13.7. The molecule has 11 nitrogen and oxygen atoms in total. The van der Waals surface area contributed by atoms with Crippen LogP contribution in [0.5, 0.6) is 5.75 Å². The fourth-order valence-corrected chi connectivity index (χ4v) is 6.37. The summed E-state index contributed by atoms with van der Waals surface area (Å²) in [4.78, 5) is 53.9. The Labute approximate surface area is 265 Å². The highest BCUT2D eigenvalue weighted by molar-refractivity contribution is 7.86. The highest BCUT2D eigenvalue weighted by Crippen LogP contribution is 2.24. The fraction of sp³-hybridized carbons (Fsp3) is 0.515. The number of phenolic OH excluding ortho intramolecular Hbond substituents is 1.